The maximum absolute atomic E-state index is 13.9. The van der Waals surface area contributed by atoms with Gasteiger partial charge < -0.3 is 0 Å². The lowest BCUT2D eigenvalue weighted by Crippen LogP contribution is -2.16. The molecular weight excluding hydrogens is 400 g/mol. The zero-order chi connectivity index (χ0) is 21.2. The van der Waals surface area contributed by atoms with Crippen LogP contribution in [0.1, 0.15) is 18.2 Å². The van der Waals surface area contributed by atoms with Crippen molar-refractivity contribution in [2.45, 2.75) is 25.2 Å². The van der Waals surface area contributed by atoms with Crippen LogP contribution in [0.25, 0.3) is 11.1 Å². The number of benzene rings is 1. The summed E-state index contributed by atoms with van der Waals surface area (Å²) >= 11 is 0. The average Bonchev–Trinajstić information content (AvgIpc) is 2.62. The van der Waals surface area contributed by atoms with Crippen LogP contribution in [-0.4, -0.2) is 24.2 Å². The van der Waals surface area contributed by atoms with Crippen LogP contribution in [0.5, 0.6) is 0 Å². The number of nitrogens with zero attached hydrogens (tertiary/aromatic N) is 2. The van der Waals surface area contributed by atoms with E-state index in [-0.39, 0.29) is 17.9 Å². The number of pyridine rings is 2. The molecule has 1 aromatic carbocycles. The van der Waals surface area contributed by atoms with Gasteiger partial charge in [0.15, 0.2) is 0 Å². The van der Waals surface area contributed by atoms with Crippen LogP contribution in [0.15, 0.2) is 53.8 Å². The monoisotopic (exact) mass is 417 g/mol. The Morgan fingerprint density at radius 2 is 1.90 bits per heavy atom. The SMILES string of the molecule is CC(=O)Cc1cc(-c2cncc(NS(=O)(=O)c3ccc(F)cc3F)c2C)ccn1. The lowest BCUT2D eigenvalue weighted by atomic mass is 10.0. The Bertz CT molecular complexity index is 1200. The molecule has 0 fully saturated rings. The summed E-state index contributed by atoms with van der Waals surface area (Å²) in [6.45, 7) is 3.14. The maximum atomic E-state index is 13.9. The second-order valence-electron chi connectivity index (χ2n) is 6.45. The van der Waals surface area contributed by atoms with Crippen molar-refractivity contribution in [1.82, 2.24) is 9.97 Å². The molecule has 1 N–H and O–H groups in total. The molecule has 0 aliphatic heterocycles. The number of sulfonamides is 1. The predicted molar refractivity (Wildman–Crippen MR) is 104 cm³/mol. The molecule has 150 valence electrons. The Morgan fingerprint density at radius 1 is 1.14 bits per heavy atom. The van der Waals surface area contributed by atoms with Gasteiger partial charge in [0.2, 0.25) is 0 Å². The maximum Gasteiger partial charge on any atom is 0.264 e. The van der Waals surface area contributed by atoms with Crippen LogP contribution < -0.4 is 4.72 Å². The van der Waals surface area contributed by atoms with Gasteiger partial charge in [-0.3, -0.25) is 19.5 Å². The van der Waals surface area contributed by atoms with Crippen molar-refractivity contribution < 1.29 is 22.0 Å². The van der Waals surface area contributed by atoms with E-state index in [0.29, 0.717) is 28.5 Å². The summed E-state index contributed by atoms with van der Waals surface area (Å²) in [6.07, 6.45) is 4.59. The molecule has 2 aromatic heterocycles. The van der Waals surface area contributed by atoms with Crippen molar-refractivity contribution in [3.8, 4) is 11.1 Å². The van der Waals surface area contributed by atoms with Crippen LogP contribution in [0.4, 0.5) is 14.5 Å². The summed E-state index contributed by atoms with van der Waals surface area (Å²) in [7, 11) is -4.29. The van der Waals surface area contributed by atoms with Gasteiger partial charge in [0.05, 0.1) is 11.9 Å². The third-order valence-corrected chi connectivity index (χ3v) is 5.60. The number of carbonyl (C=O) groups excluding carboxylic acids is 1. The Morgan fingerprint density at radius 3 is 2.59 bits per heavy atom. The van der Waals surface area contributed by atoms with Crippen molar-refractivity contribution in [2.75, 3.05) is 4.72 Å². The number of hydrogen-bond donors (Lipinski definition) is 1. The lowest BCUT2D eigenvalue weighted by Gasteiger charge is -2.14. The summed E-state index contributed by atoms with van der Waals surface area (Å²) in [5.74, 6) is -2.10. The van der Waals surface area contributed by atoms with Crippen molar-refractivity contribution >= 4 is 21.5 Å². The topological polar surface area (TPSA) is 89.0 Å². The van der Waals surface area contributed by atoms with E-state index < -0.39 is 26.6 Å². The van der Waals surface area contributed by atoms with Gasteiger partial charge in [-0.1, -0.05) is 0 Å². The molecule has 29 heavy (non-hydrogen) atoms. The number of Topliss-reactive ketones (excluding diaryl/α,β-unsaturated/α-hetero) is 1. The second-order valence-corrected chi connectivity index (χ2v) is 8.11. The number of anilines is 1. The van der Waals surface area contributed by atoms with Crippen molar-refractivity contribution in [3.63, 3.8) is 0 Å². The number of hydrogen-bond acceptors (Lipinski definition) is 5. The fourth-order valence-electron chi connectivity index (χ4n) is 2.81. The Kier molecular flexibility index (Phi) is 5.69. The van der Waals surface area contributed by atoms with Gasteiger partial charge in [-0.25, -0.2) is 17.2 Å². The van der Waals surface area contributed by atoms with E-state index >= 15 is 0 Å². The summed E-state index contributed by atoms with van der Waals surface area (Å²) in [5.41, 5.74) is 2.60. The first-order valence-electron chi connectivity index (χ1n) is 8.54. The lowest BCUT2D eigenvalue weighted by molar-refractivity contribution is -0.116. The number of halogens is 2. The summed E-state index contributed by atoms with van der Waals surface area (Å²) in [6, 6.07) is 5.67. The molecule has 0 bridgehead atoms. The number of nitrogens with one attached hydrogen (secondary N) is 1. The molecular formula is C20H17F2N3O3S. The van der Waals surface area contributed by atoms with Gasteiger partial charge in [-0.2, -0.15) is 0 Å². The van der Waals surface area contributed by atoms with E-state index in [4.69, 9.17) is 0 Å². The second kappa shape index (κ2) is 8.04. The molecule has 0 saturated heterocycles. The van der Waals surface area contributed by atoms with Gasteiger partial charge in [0.25, 0.3) is 10.0 Å². The standard InChI is InChI=1S/C20H17F2N3O3S/c1-12(26)7-16-8-14(5-6-24-16)17-10-23-11-19(13(17)2)25-29(27,28)20-4-3-15(21)9-18(20)22/h3-6,8-11,25H,7H2,1-2H3. The fourth-order valence-corrected chi connectivity index (χ4v) is 3.98. The molecule has 0 atom stereocenters. The predicted octanol–water partition coefficient (Wildman–Crippen LogP) is 3.66. The summed E-state index contributed by atoms with van der Waals surface area (Å²) in [4.78, 5) is 18.9. The molecule has 0 radical (unpaired) electrons. The molecule has 6 nitrogen and oxygen atoms in total. The van der Waals surface area contributed by atoms with Gasteiger partial charge in [-0.05, 0) is 49.2 Å². The van der Waals surface area contributed by atoms with E-state index in [1.54, 1.807) is 31.5 Å². The van der Waals surface area contributed by atoms with Crippen molar-refractivity contribution in [2.24, 2.45) is 0 Å². The van der Waals surface area contributed by atoms with Gasteiger partial charge in [-0.15, -0.1) is 0 Å². The van der Waals surface area contributed by atoms with Crippen molar-refractivity contribution in [3.05, 3.63) is 71.8 Å². The van der Waals surface area contributed by atoms with Crippen LogP contribution in [0.3, 0.4) is 0 Å². The molecule has 0 saturated carbocycles. The molecule has 2 heterocycles. The van der Waals surface area contributed by atoms with E-state index in [1.165, 1.54) is 13.1 Å². The molecule has 3 rings (SSSR count). The number of ketones is 1. The highest BCUT2D eigenvalue weighted by molar-refractivity contribution is 7.92. The zero-order valence-corrected chi connectivity index (χ0v) is 16.4. The molecule has 0 spiro atoms. The van der Waals surface area contributed by atoms with Crippen LogP contribution in [0.2, 0.25) is 0 Å². The molecule has 0 aliphatic rings. The average molecular weight is 417 g/mol. The van der Waals surface area contributed by atoms with E-state index in [2.05, 4.69) is 14.7 Å². The molecule has 0 amide bonds. The largest absolute Gasteiger partial charge is 0.300 e. The highest BCUT2D eigenvalue weighted by Crippen LogP contribution is 2.29. The third-order valence-electron chi connectivity index (χ3n) is 4.20. The first kappa shape index (κ1) is 20.5. The van der Waals surface area contributed by atoms with Gasteiger partial charge >= 0.3 is 0 Å². The zero-order valence-electron chi connectivity index (χ0n) is 15.6. The minimum absolute atomic E-state index is 0.0349. The minimum Gasteiger partial charge on any atom is -0.300 e. The first-order chi connectivity index (χ1) is 13.7. The summed E-state index contributed by atoms with van der Waals surface area (Å²) < 4.78 is 54.4. The van der Waals surface area contributed by atoms with Gasteiger partial charge in [0, 0.05) is 36.1 Å². The third kappa shape index (κ3) is 4.62. The minimum atomic E-state index is -4.29. The fraction of sp³-hybridized carbons (Fsp3) is 0.150. The van der Waals surface area contributed by atoms with Crippen LogP contribution in [-0.2, 0) is 21.2 Å². The van der Waals surface area contributed by atoms with E-state index in [0.717, 1.165) is 12.1 Å². The van der Waals surface area contributed by atoms with Crippen LogP contribution in [0, 0.1) is 18.6 Å². The smallest absolute Gasteiger partial charge is 0.264 e. The highest BCUT2D eigenvalue weighted by atomic mass is 32.2. The number of rotatable bonds is 6. The first-order valence-corrected chi connectivity index (χ1v) is 10.0. The van der Waals surface area contributed by atoms with Crippen molar-refractivity contribution in [1.29, 1.82) is 0 Å². The molecule has 0 unspecified atom stereocenters. The Labute approximate surface area is 166 Å². The molecule has 3 aromatic rings. The van der Waals surface area contributed by atoms with Crippen LogP contribution >= 0.6 is 0 Å². The molecule has 9 heteroatoms. The molecule has 0 aliphatic carbocycles. The summed E-state index contributed by atoms with van der Waals surface area (Å²) in [5, 5.41) is 0. The normalized spacial score (nSPS) is 11.3. The quantitative estimate of drug-likeness (QED) is 0.661. The Balaban J connectivity index is 1.98. The number of carbonyl (C=O) groups is 1. The van der Waals surface area contributed by atoms with Gasteiger partial charge in [0.1, 0.15) is 22.3 Å². The Hall–Kier alpha value is -3.20. The van der Waals surface area contributed by atoms with E-state index in [9.17, 15) is 22.0 Å². The van der Waals surface area contributed by atoms with E-state index in [1.807, 2.05) is 0 Å². The highest BCUT2D eigenvalue weighted by Gasteiger charge is 2.21. The number of aromatic nitrogens is 2.